The number of aryl methyl sites for hydroxylation is 1. The van der Waals surface area contributed by atoms with Gasteiger partial charge in [0.25, 0.3) is 0 Å². The van der Waals surface area contributed by atoms with Crippen molar-refractivity contribution in [1.82, 2.24) is 24.6 Å². The SMILES string of the molecule is O=C(CCn1cccn1)N1CC[C@@H](C2CCN(c3ncccn3)CC2)C1. The number of hydrogen-bond donors (Lipinski definition) is 0. The van der Waals surface area contributed by atoms with Gasteiger partial charge in [0.1, 0.15) is 0 Å². The molecule has 1 amide bonds. The van der Waals surface area contributed by atoms with Crippen LogP contribution in [0.5, 0.6) is 0 Å². The lowest BCUT2D eigenvalue weighted by atomic mass is 9.84. The van der Waals surface area contributed by atoms with Gasteiger partial charge in [0.05, 0.1) is 0 Å². The topological polar surface area (TPSA) is 67.2 Å². The van der Waals surface area contributed by atoms with Crippen LogP contribution in [0.1, 0.15) is 25.7 Å². The van der Waals surface area contributed by atoms with Gasteiger partial charge in [0.15, 0.2) is 0 Å². The van der Waals surface area contributed by atoms with Crippen molar-refractivity contribution in [3.63, 3.8) is 0 Å². The summed E-state index contributed by atoms with van der Waals surface area (Å²) in [4.78, 5) is 25.5. The molecule has 2 aliphatic rings. The van der Waals surface area contributed by atoms with E-state index in [0.29, 0.717) is 24.8 Å². The van der Waals surface area contributed by atoms with Gasteiger partial charge in [-0.1, -0.05) is 0 Å². The summed E-state index contributed by atoms with van der Waals surface area (Å²) in [7, 11) is 0. The van der Waals surface area contributed by atoms with Crippen molar-refractivity contribution in [1.29, 1.82) is 0 Å². The molecule has 2 saturated heterocycles. The second-order valence-corrected chi connectivity index (χ2v) is 7.28. The van der Waals surface area contributed by atoms with Gasteiger partial charge in [-0.05, 0) is 43.2 Å². The first kappa shape index (κ1) is 17.0. The highest BCUT2D eigenvalue weighted by Gasteiger charge is 2.33. The molecule has 2 fully saturated rings. The molecule has 2 aromatic rings. The van der Waals surface area contributed by atoms with Crippen LogP contribution in [0.3, 0.4) is 0 Å². The third-order valence-corrected chi connectivity index (χ3v) is 5.73. The van der Waals surface area contributed by atoms with E-state index in [0.717, 1.165) is 51.4 Å². The van der Waals surface area contributed by atoms with E-state index < -0.39 is 0 Å². The molecule has 0 aliphatic carbocycles. The van der Waals surface area contributed by atoms with Crippen LogP contribution in [0.25, 0.3) is 0 Å². The lowest BCUT2D eigenvalue weighted by Crippen LogP contribution is -2.38. The number of nitrogens with zero attached hydrogens (tertiary/aromatic N) is 6. The van der Waals surface area contributed by atoms with Crippen LogP contribution < -0.4 is 4.90 Å². The Morgan fingerprint density at radius 2 is 1.77 bits per heavy atom. The molecule has 0 unspecified atom stereocenters. The lowest BCUT2D eigenvalue weighted by Gasteiger charge is -2.34. The first-order valence-corrected chi connectivity index (χ1v) is 9.57. The number of rotatable bonds is 5. The van der Waals surface area contributed by atoms with Crippen molar-refractivity contribution in [2.24, 2.45) is 11.8 Å². The number of amides is 1. The maximum Gasteiger partial charge on any atom is 0.225 e. The van der Waals surface area contributed by atoms with Crippen LogP contribution >= 0.6 is 0 Å². The Bertz CT molecular complexity index is 696. The highest BCUT2D eigenvalue weighted by atomic mass is 16.2. The summed E-state index contributed by atoms with van der Waals surface area (Å²) < 4.78 is 1.83. The predicted molar refractivity (Wildman–Crippen MR) is 98.5 cm³/mol. The van der Waals surface area contributed by atoms with Gasteiger partial charge in [0.2, 0.25) is 11.9 Å². The summed E-state index contributed by atoms with van der Waals surface area (Å²) in [6.45, 7) is 4.52. The Balaban J connectivity index is 1.23. The van der Waals surface area contributed by atoms with Crippen LogP contribution in [0.15, 0.2) is 36.9 Å². The van der Waals surface area contributed by atoms with Crippen molar-refractivity contribution in [2.75, 3.05) is 31.1 Å². The summed E-state index contributed by atoms with van der Waals surface area (Å²) in [5.74, 6) is 2.45. The van der Waals surface area contributed by atoms with Gasteiger partial charge in [0, 0.05) is 63.9 Å². The molecule has 0 spiro atoms. The summed E-state index contributed by atoms with van der Waals surface area (Å²) in [6.07, 6.45) is 11.3. The maximum absolute atomic E-state index is 12.5. The normalized spacial score (nSPS) is 21.3. The highest BCUT2D eigenvalue weighted by molar-refractivity contribution is 5.76. The van der Waals surface area contributed by atoms with E-state index in [4.69, 9.17) is 0 Å². The quantitative estimate of drug-likeness (QED) is 0.819. The van der Waals surface area contributed by atoms with E-state index in [1.165, 1.54) is 0 Å². The Morgan fingerprint density at radius 1 is 1.00 bits per heavy atom. The van der Waals surface area contributed by atoms with Gasteiger partial charge in [-0.25, -0.2) is 9.97 Å². The molecule has 0 bridgehead atoms. The first-order chi connectivity index (χ1) is 12.8. The van der Waals surface area contributed by atoms with Crippen molar-refractivity contribution in [3.05, 3.63) is 36.9 Å². The molecule has 2 aliphatic heterocycles. The third-order valence-electron chi connectivity index (χ3n) is 5.73. The zero-order valence-corrected chi connectivity index (χ0v) is 15.1. The van der Waals surface area contributed by atoms with E-state index in [9.17, 15) is 4.79 Å². The Morgan fingerprint density at radius 3 is 2.50 bits per heavy atom. The smallest absolute Gasteiger partial charge is 0.225 e. The van der Waals surface area contributed by atoms with Gasteiger partial charge in [-0.15, -0.1) is 0 Å². The number of carbonyl (C=O) groups excluding carboxylic acids is 1. The van der Waals surface area contributed by atoms with Crippen molar-refractivity contribution >= 4 is 11.9 Å². The second-order valence-electron chi connectivity index (χ2n) is 7.28. The van der Waals surface area contributed by atoms with E-state index >= 15 is 0 Å². The number of hydrogen-bond acceptors (Lipinski definition) is 5. The summed E-state index contributed by atoms with van der Waals surface area (Å²) in [5.41, 5.74) is 0. The fraction of sp³-hybridized carbons (Fsp3) is 0.579. The standard InChI is InChI=1S/C19H26N6O/c26-18(6-14-25-10-2-9-22-25)24-13-5-17(15-24)16-3-11-23(12-4-16)19-20-7-1-8-21-19/h1-2,7-10,16-17H,3-6,11-15H2/t17-/m1/s1. The molecular weight excluding hydrogens is 328 g/mol. The molecule has 1 atom stereocenters. The van der Waals surface area contributed by atoms with Crippen molar-refractivity contribution < 1.29 is 4.79 Å². The van der Waals surface area contributed by atoms with Crippen molar-refractivity contribution in [2.45, 2.75) is 32.2 Å². The minimum Gasteiger partial charge on any atom is -0.342 e. The number of carbonyl (C=O) groups is 1. The summed E-state index contributed by atoms with van der Waals surface area (Å²) in [5, 5.41) is 4.17. The molecular formula is C19H26N6O. The molecule has 4 rings (SSSR count). The van der Waals surface area contributed by atoms with E-state index in [1.54, 1.807) is 18.6 Å². The second kappa shape index (κ2) is 7.85. The summed E-state index contributed by atoms with van der Waals surface area (Å²) in [6, 6.07) is 3.75. The number of aromatic nitrogens is 4. The molecule has 0 aromatic carbocycles. The van der Waals surface area contributed by atoms with Gasteiger partial charge < -0.3 is 9.80 Å². The molecule has 4 heterocycles. The fourth-order valence-electron chi connectivity index (χ4n) is 4.23. The molecule has 0 radical (unpaired) electrons. The third kappa shape index (κ3) is 3.86. The van der Waals surface area contributed by atoms with E-state index in [1.807, 2.05) is 23.0 Å². The molecule has 7 nitrogen and oxygen atoms in total. The maximum atomic E-state index is 12.5. The minimum absolute atomic E-state index is 0.262. The fourth-order valence-corrected chi connectivity index (χ4v) is 4.23. The highest BCUT2D eigenvalue weighted by Crippen LogP contribution is 2.32. The molecule has 0 saturated carbocycles. The zero-order valence-electron chi connectivity index (χ0n) is 15.1. The van der Waals surface area contributed by atoms with Gasteiger partial charge in [-0.2, -0.15) is 5.10 Å². The van der Waals surface area contributed by atoms with Crippen LogP contribution in [0.4, 0.5) is 5.95 Å². The van der Waals surface area contributed by atoms with Crippen LogP contribution in [0.2, 0.25) is 0 Å². The van der Waals surface area contributed by atoms with Crippen LogP contribution in [0, 0.1) is 11.8 Å². The number of likely N-dealkylation sites (tertiary alicyclic amines) is 1. The van der Waals surface area contributed by atoms with E-state index in [-0.39, 0.29) is 5.91 Å². The Labute approximate surface area is 154 Å². The molecule has 26 heavy (non-hydrogen) atoms. The average Bonchev–Trinajstić information content (AvgIpc) is 3.39. The largest absolute Gasteiger partial charge is 0.342 e. The Kier molecular flexibility index (Phi) is 5.13. The van der Waals surface area contributed by atoms with Gasteiger partial charge in [-0.3, -0.25) is 9.48 Å². The predicted octanol–water partition coefficient (Wildman–Crippen LogP) is 1.83. The zero-order chi connectivity index (χ0) is 17.8. The van der Waals surface area contributed by atoms with Gasteiger partial charge >= 0.3 is 0 Å². The average molecular weight is 354 g/mol. The molecule has 138 valence electrons. The van der Waals surface area contributed by atoms with Crippen LogP contribution in [-0.2, 0) is 11.3 Å². The first-order valence-electron chi connectivity index (χ1n) is 9.57. The van der Waals surface area contributed by atoms with Crippen molar-refractivity contribution in [3.8, 4) is 0 Å². The molecule has 7 heteroatoms. The molecule has 0 N–H and O–H groups in total. The molecule has 2 aromatic heterocycles. The number of anilines is 1. The lowest BCUT2D eigenvalue weighted by molar-refractivity contribution is -0.130. The van der Waals surface area contributed by atoms with Crippen LogP contribution in [-0.4, -0.2) is 56.7 Å². The minimum atomic E-state index is 0.262. The summed E-state index contributed by atoms with van der Waals surface area (Å²) >= 11 is 0. The van der Waals surface area contributed by atoms with E-state index in [2.05, 4.69) is 24.9 Å². The monoisotopic (exact) mass is 354 g/mol. The number of piperidine rings is 1. The Hall–Kier alpha value is -2.44.